The molecule has 2 aromatic carbocycles. The van der Waals surface area contributed by atoms with Gasteiger partial charge in [-0.15, -0.1) is 0 Å². The van der Waals surface area contributed by atoms with E-state index in [0.717, 1.165) is 18.9 Å². The zero-order valence-corrected chi connectivity index (χ0v) is 15.9. The average Bonchev–Trinajstić information content (AvgIpc) is 3.17. The number of nitrogens with one attached hydrogen (secondary N) is 1. The van der Waals surface area contributed by atoms with Crippen LogP contribution in [0, 0.1) is 5.82 Å². The first-order chi connectivity index (χ1) is 12.9. The summed E-state index contributed by atoms with van der Waals surface area (Å²) < 4.78 is 45.1. The van der Waals surface area contributed by atoms with Crippen LogP contribution < -0.4 is 10.1 Å². The summed E-state index contributed by atoms with van der Waals surface area (Å²) in [5.74, 6) is -0.757. The van der Waals surface area contributed by atoms with E-state index < -0.39 is 21.7 Å². The maximum Gasteiger partial charge on any atom is 0.262 e. The number of rotatable bonds is 6. The monoisotopic (exact) mass is 412 g/mol. The Balaban J connectivity index is 1.69. The van der Waals surface area contributed by atoms with E-state index in [1.54, 1.807) is 0 Å². The van der Waals surface area contributed by atoms with E-state index in [0.29, 0.717) is 13.1 Å². The SMILES string of the molecule is O=C(COc1cccc(F)c1)Nc1ccc(Cl)c(S(=O)(=O)N2CCCC2)c1. The molecule has 0 bridgehead atoms. The molecule has 0 atom stereocenters. The Hall–Kier alpha value is -2.16. The van der Waals surface area contributed by atoms with Crippen molar-refractivity contribution in [3.8, 4) is 5.75 Å². The number of benzene rings is 2. The Kier molecular flexibility index (Phi) is 5.98. The molecule has 0 aliphatic carbocycles. The van der Waals surface area contributed by atoms with Crippen molar-refractivity contribution in [1.29, 1.82) is 0 Å². The van der Waals surface area contributed by atoms with Gasteiger partial charge < -0.3 is 10.1 Å². The molecule has 1 fully saturated rings. The van der Waals surface area contributed by atoms with Gasteiger partial charge >= 0.3 is 0 Å². The number of halogens is 2. The summed E-state index contributed by atoms with van der Waals surface area (Å²) in [4.78, 5) is 12.0. The molecule has 1 saturated heterocycles. The van der Waals surface area contributed by atoms with Crippen molar-refractivity contribution in [2.45, 2.75) is 17.7 Å². The third-order valence-corrected chi connectivity index (χ3v) is 6.44. The topological polar surface area (TPSA) is 75.7 Å². The number of nitrogens with zero attached hydrogens (tertiary/aromatic N) is 1. The zero-order chi connectivity index (χ0) is 19.4. The summed E-state index contributed by atoms with van der Waals surface area (Å²) in [7, 11) is -3.71. The summed E-state index contributed by atoms with van der Waals surface area (Å²) in [6.07, 6.45) is 1.62. The number of sulfonamides is 1. The molecule has 3 rings (SSSR count). The molecule has 0 unspecified atom stereocenters. The van der Waals surface area contributed by atoms with Crippen molar-refractivity contribution in [2.75, 3.05) is 25.0 Å². The van der Waals surface area contributed by atoms with Crippen molar-refractivity contribution >= 4 is 33.2 Å². The summed E-state index contributed by atoms with van der Waals surface area (Å²) in [6.45, 7) is 0.563. The quantitative estimate of drug-likeness (QED) is 0.790. The molecule has 0 radical (unpaired) electrons. The Labute approximate surface area is 161 Å². The molecule has 9 heteroatoms. The average molecular weight is 413 g/mol. The maximum absolute atomic E-state index is 13.1. The van der Waals surface area contributed by atoms with Gasteiger partial charge in [0.25, 0.3) is 5.91 Å². The molecule has 1 heterocycles. The molecule has 0 saturated carbocycles. The molecule has 1 aliphatic heterocycles. The van der Waals surface area contributed by atoms with E-state index in [4.69, 9.17) is 16.3 Å². The Morgan fingerprint density at radius 1 is 1.19 bits per heavy atom. The minimum absolute atomic E-state index is 0.0464. The van der Waals surface area contributed by atoms with Crippen molar-refractivity contribution < 1.29 is 22.3 Å². The van der Waals surface area contributed by atoms with E-state index in [9.17, 15) is 17.6 Å². The van der Waals surface area contributed by atoms with Gasteiger partial charge in [-0.2, -0.15) is 4.31 Å². The summed E-state index contributed by atoms with van der Waals surface area (Å²) in [6, 6.07) is 9.69. The van der Waals surface area contributed by atoms with Crippen LogP contribution in [0.2, 0.25) is 5.02 Å². The van der Waals surface area contributed by atoms with Gasteiger partial charge in [0.1, 0.15) is 16.5 Å². The zero-order valence-electron chi connectivity index (χ0n) is 14.3. The third kappa shape index (κ3) is 4.77. The maximum atomic E-state index is 13.1. The molecule has 0 aromatic heterocycles. The number of hydrogen-bond donors (Lipinski definition) is 1. The molecule has 1 N–H and O–H groups in total. The van der Waals surface area contributed by atoms with Gasteiger partial charge in [0, 0.05) is 24.8 Å². The smallest absolute Gasteiger partial charge is 0.262 e. The van der Waals surface area contributed by atoms with Crippen LogP contribution in [0.25, 0.3) is 0 Å². The van der Waals surface area contributed by atoms with Crippen LogP contribution in [0.15, 0.2) is 47.4 Å². The predicted octanol–water partition coefficient (Wildman–Crippen LogP) is 3.28. The molecule has 0 spiro atoms. The molecule has 27 heavy (non-hydrogen) atoms. The standard InChI is InChI=1S/C18H18ClFN2O4S/c19-16-7-6-14(11-17(16)27(24,25)22-8-1-2-9-22)21-18(23)12-26-15-5-3-4-13(20)10-15/h3-7,10-11H,1-2,8-9,12H2,(H,21,23). The first-order valence-corrected chi connectivity index (χ1v) is 10.2. The van der Waals surface area contributed by atoms with Crippen LogP contribution in [0.5, 0.6) is 5.75 Å². The Morgan fingerprint density at radius 2 is 1.93 bits per heavy atom. The van der Waals surface area contributed by atoms with Crippen molar-refractivity contribution in [3.05, 3.63) is 53.3 Å². The summed E-state index contributed by atoms with van der Waals surface area (Å²) in [5, 5.41) is 2.65. The fourth-order valence-electron chi connectivity index (χ4n) is 2.75. The highest BCUT2D eigenvalue weighted by Gasteiger charge is 2.29. The van der Waals surface area contributed by atoms with E-state index in [1.165, 1.54) is 40.7 Å². The molecule has 2 aromatic rings. The molecular weight excluding hydrogens is 395 g/mol. The van der Waals surface area contributed by atoms with Crippen molar-refractivity contribution in [1.82, 2.24) is 4.31 Å². The van der Waals surface area contributed by atoms with Gasteiger partial charge in [-0.25, -0.2) is 12.8 Å². The van der Waals surface area contributed by atoms with Gasteiger partial charge in [0.2, 0.25) is 10.0 Å². The summed E-state index contributed by atoms with van der Waals surface area (Å²) >= 11 is 6.07. The molecule has 1 aliphatic rings. The van der Waals surface area contributed by atoms with E-state index >= 15 is 0 Å². The molecule has 6 nitrogen and oxygen atoms in total. The first-order valence-electron chi connectivity index (χ1n) is 8.34. The lowest BCUT2D eigenvalue weighted by atomic mass is 10.3. The van der Waals surface area contributed by atoms with E-state index in [1.807, 2.05) is 0 Å². The first kappa shape index (κ1) is 19.6. The highest BCUT2D eigenvalue weighted by Crippen LogP contribution is 2.29. The summed E-state index contributed by atoms with van der Waals surface area (Å²) in [5.41, 5.74) is 0.282. The molecular formula is C18H18ClFN2O4S. The lowest BCUT2D eigenvalue weighted by Gasteiger charge is -2.17. The number of carbonyl (C=O) groups is 1. The predicted molar refractivity (Wildman–Crippen MR) is 100.0 cm³/mol. The van der Waals surface area contributed by atoms with Crippen LogP contribution >= 0.6 is 11.6 Å². The largest absolute Gasteiger partial charge is 0.484 e. The Morgan fingerprint density at radius 3 is 2.63 bits per heavy atom. The van der Waals surface area contributed by atoms with Crippen molar-refractivity contribution in [3.63, 3.8) is 0 Å². The normalized spacial score (nSPS) is 14.9. The second kappa shape index (κ2) is 8.24. The van der Waals surface area contributed by atoms with Crippen LogP contribution in [0.1, 0.15) is 12.8 Å². The number of carbonyl (C=O) groups excluding carboxylic acids is 1. The van der Waals surface area contributed by atoms with E-state index in [-0.39, 0.29) is 28.0 Å². The second-order valence-corrected chi connectivity index (χ2v) is 8.36. The lowest BCUT2D eigenvalue weighted by molar-refractivity contribution is -0.118. The van der Waals surface area contributed by atoms with Gasteiger partial charge in [-0.3, -0.25) is 4.79 Å². The van der Waals surface area contributed by atoms with Crippen LogP contribution in [-0.4, -0.2) is 38.3 Å². The minimum atomic E-state index is -3.71. The molecule has 1 amide bonds. The fraction of sp³-hybridized carbons (Fsp3) is 0.278. The third-order valence-electron chi connectivity index (χ3n) is 4.06. The fourth-order valence-corrected chi connectivity index (χ4v) is 4.77. The number of amides is 1. The van der Waals surface area contributed by atoms with Crippen LogP contribution in [0.4, 0.5) is 10.1 Å². The second-order valence-electron chi connectivity index (χ2n) is 6.05. The van der Waals surface area contributed by atoms with Gasteiger partial charge in [0.15, 0.2) is 6.61 Å². The van der Waals surface area contributed by atoms with E-state index in [2.05, 4.69) is 5.32 Å². The number of anilines is 1. The van der Waals surface area contributed by atoms with Crippen LogP contribution in [-0.2, 0) is 14.8 Å². The lowest BCUT2D eigenvalue weighted by Crippen LogP contribution is -2.28. The van der Waals surface area contributed by atoms with Crippen LogP contribution in [0.3, 0.4) is 0 Å². The highest BCUT2D eigenvalue weighted by atomic mass is 35.5. The molecule has 144 valence electrons. The Bertz CT molecular complexity index is 946. The number of ether oxygens (including phenoxy) is 1. The highest BCUT2D eigenvalue weighted by molar-refractivity contribution is 7.89. The number of hydrogen-bond acceptors (Lipinski definition) is 4. The van der Waals surface area contributed by atoms with Gasteiger partial charge in [-0.1, -0.05) is 17.7 Å². The van der Waals surface area contributed by atoms with Gasteiger partial charge in [0.05, 0.1) is 5.02 Å². The van der Waals surface area contributed by atoms with Gasteiger partial charge in [-0.05, 0) is 43.2 Å². The minimum Gasteiger partial charge on any atom is -0.484 e. The van der Waals surface area contributed by atoms with Crippen molar-refractivity contribution in [2.24, 2.45) is 0 Å².